The van der Waals surface area contributed by atoms with Crippen molar-refractivity contribution in [1.82, 2.24) is 0 Å². The summed E-state index contributed by atoms with van der Waals surface area (Å²) in [5.41, 5.74) is 1.24. The van der Waals surface area contributed by atoms with E-state index in [1.54, 1.807) is 19.1 Å². The number of sulfonamides is 1. The molecule has 0 fully saturated rings. The van der Waals surface area contributed by atoms with Crippen LogP contribution in [-0.4, -0.2) is 19.5 Å². The van der Waals surface area contributed by atoms with Crippen LogP contribution >= 0.6 is 0 Å². The van der Waals surface area contributed by atoms with Crippen LogP contribution in [-0.2, 0) is 10.0 Å². The van der Waals surface area contributed by atoms with Crippen molar-refractivity contribution >= 4 is 21.7 Å². The van der Waals surface area contributed by atoms with Gasteiger partial charge in [0.15, 0.2) is 0 Å². The largest absolute Gasteiger partial charge is 0.478 e. The van der Waals surface area contributed by atoms with Gasteiger partial charge in [-0.05, 0) is 30.0 Å². The number of nitrogens with one attached hydrogen (secondary N) is 1. The van der Waals surface area contributed by atoms with Gasteiger partial charge in [0.25, 0.3) is 10.0 Å². The van der Waals surface area contributed by atoms with Crippen molar-refractivity contribution in [3.05, 3.63) is 47.2 Å². The molecule has 7 heteroatoms. The van der Waals surface area contributed by atoms with Crippen molar-refractivity contribution in [3.63, 3.8) is 0 Å². The van der Waals surface area contributed by atoms with Gasteiger partial charge in [0, 0.05) is 6.07 Å². The first kappa shape index (κ1) is 16.1. The Hall–Kier alpha value is -2.28. The monoisotopic (exact) mass is 323 g/mol. The number of aryl methyl sites for hydroxylation is 1. The minimum atomic E-state index is -3.98. The van der Waals surface area contributed by atoms with Crippen LogP contribution in [0.1, 0.15) is 41.3 Å². The fraction of sp³-hybridized carbons (Fsp3) is 0.267. The summed E-state index contributed by atoms with van der Waals surface area (Å²) in [5.74, 6) is -1.24. The summed E-state index contributed by atoms with van der Waals surface area (Å²) in [6, 6.07) is 6.02. The number of carboxylic acids is 1. The number of hydrogen-bond donors (Lipinski definition) is 2. The minimum Gasteiger partial charge on any atom is -0.478 e. The molecule has 1 aromatic heterocycles. The molecule has 1 aromatic carbocycles. The second-order valence-electron chi connectivity index (χ2n) is 5.28. The van der Waals surface area contributed by atoms with Crippen LogP contribution in [0.3, 0.4) is 0 Å². The predicted molar refractivity (Wildman–Crippen MR) is 81.7 cm³/mol. The van der Waals surface area contributed by atoms with E-state index in [-0.39, 0.29) is 22.3 Å². The number of carbonyl (C=O) groups is 1. The van der Waals surface area contributed by atoms with E-state index in [9.17, 15) is 18.3 Å². The Labute approximate surface area is 128 Å². The first-order valence-corrected chi connectivity index (χ1v) is 8.15. The van der Waals surface area contributed by atoms with Crippen molar-refractivity contribution in [2.24, 2.45) is 0 Å². The van der Waals surface area contributed by atoms with Crippen LogP contribution in [0.25, 0.3) is 0 Å². The first-order valence-electron chi connectivity index (χ1n) is 6.66. The van der Waals surface area contributed by atoms with Gasteiger partial charge in [0.1, 0.15) is 0 Å². The van der Waals surface area contributed by atoms with Gasteiger partial charge in [-0.15, -0.1) is 0 Å². The Morgan fingerprint density at radius 3 is 2.50 bits per heavy atom. The Balaban J connectivity index is 2.54. The van der Waals surface area contributed by atoms with E-state index < -0.39 is 16.0 Å². The molecule has 0 aliphatic rings. The molecule has 22 heavy (non-hydrogen) atoms. The first-order chi connectivity index (χ1) is 10.2. The third-order valence-corrected chi connectivity index (χ3v) is 4.37. The van der Waals surface area contributed by atoms with Gasteiger partial charge in [-0.3, -0.25) is 4.72 Å². The van der Waals surface area contributed by atoms with Crippen molar-refractivity contribution in [2.75, 3.05) is 4.72 Å². The summed E-state index contributed by atoms with van der Waals surface area (Å²) in [4.78, 5) is 11.4. The zero-order chi connectivity index (χ0) is 16.5. The van der Waals surface area contributed by atoms with Crippen molar-refractivity contribution in [3.8, 4) is 0 Å². The molecule has 0 radical (unpaired) electrons. The van der Waals surface area contributed by atoms with Gasteiger partial charge in [-0.25, -0.2) is 4.79 Å². The van der Waals surface area contributed by atoms with Gasteiger partial charge in [-0.2, -0.15) is 8.42 Å². The standard InChI is InChI=1S/C15H17NO5S/c1-9(2)11-5-4-6-12(15(17)18)14(11)16-22(19,20)13-7-10(3)8-21-13/h4-9,16H,1-3H3,(H,17,18). The summed E-state index contributed by atoms with van der Waals surface area (Å²) < 4.78 is 32.1. The molecule has 118 valence electrons. The molecule has 6 nitrogen and oxygen atoms in total. The summed E-state index contributed by atoms with van der Waals surface area (Å²) in [6.45, 7) is 5.42. The van der Waals surface area contributed by atoms with Crippen molar-refractivity contribution < 1.29 is 22.7 Å². The minimum absolute atomic E-state index is 0.0460. The van der Waals surface area contributed by atoms with Crippen molar-refractivity contribution in [2.45, 2.75) is 31.8 Å². The normalized spacial score (nSPS) is 11.6. The van der Waals surface area contributed by atoms with Gasteiger partial charge < -0.3 is 9.52 Å². The lowest BCUT2D eigenvalue weighted by Gasteiger charge is -2.16. The van der Waals surface area contributed by atoms with Crippen LogP contribution in [0.4, 0.5) is 5.69 Å². The highest BCUT2D eigenvalue weighted by molar-refractivity contribution is 7.92. The molecule has 0 aliphatic carbocycles. The number of aromatic carboxylic acids is 1. The lowest BCUT2D eigenvalue weighted by molar-refractivity contribution is 0.0698. The Kier molecular flexibility index (Phi) is 4.27. The van der Waals surface area contributed by atoms with E-state index in [1.807, 2.05) is 13.8 Å². The third kappa shape index (κ3) is 3.14. The van der Waals surface area contributed by atoms with Gasteiger partial charge >= 0.3 is 5.97 Å². The van der Waals surface area contributed by atoms with E-state index in [2.05, 4.69) is 4.72 Å². The molecule has 2 aromatic rings. The fourth-order valence-corrected chi connectivity index (χ4v) is 3.19. The van der Waals surface area contributed by atoms with E-state index in [4.69, 9.17) is 4.42 Å². The Morgan fingerprint density at radius 1 is 1.32 bits per heavy atom. The molecule has 2 N–H and O–H groups in total. The average Bonchev–Trinajstić information content (AvgIpc) is 2.85. The smallest absolute Gasteiger partial charge is 0.337 e. The topological polar surface area (TPSA) is 96.6 Å². The van der Waals surface area contributed by atoms with Gasteiger partial charge in [-0.1, -0.05) is 26.0 Å². The Bertz CT molecular complexity index is 805. The van der Waals surface area contributed by atoms with Crippen LogP contribution in [0.5, 0.6) is 0 Å². The van der Waals surface area contributed by atoms with E-state index >= 15 is 0 Å². The second kappa shape index (κ2) is 5.84. The highest BCUT2D eigenvalue weighted by atomic mass is 32.2. The quantitative estimate of drug-likeness (QED) is 0.880. The zero-order valence-corrected chi connectivity index (χ0v) is 13.3. The number of benzene rings is 1. The highest BCUT2D eigenvalue weighted by Crippen LogP contribution is 2.30. The van der Waals surface area contributed by atoms with Crippen LogP contribution in [0.2, 0.25) is 0 Å². The average molecular weight is 323 g/mol. The molecule has 0 unspecified atom stereocenters. The summed E-state index contributed by atoms with van der Waals surface area (Å²) >= 11 is 0. The number of para-hydroxylation sites is 1. The SMILES string of the molecule is Cc1coc(S(=O)(=O)Nc2c(C(=O)O)cccc2C(C)C)c1. The molecule has 0 spiro atoms. The molecule has 0 bridgehead atoms. The van der Waals surface area contributed by atoms with Crippen molar-refractivity contribution in [1.29, 1.82) is 0 Å². The molecule has 1 heterocycles. The number of hydrogen-bond acceptors (Lipinski definition) is 4. The molecule has 0 atom stereocenters. The maximum Gasteiger partial charge on any atom is 0.337 e. The molecule has 0 aliphatic heterocycles. The van der Waals surface area contributed by atoms with Crippen LogP contribution in [0.15, 0.2) is 40.0 Å². The van der Waals surface area contributed by atoms with Crippen LogP contribution in [0, 0.1) is 6.92 Å². The summed E-state index contributed by atoms with van der Waals surface area (Å²) in [5, 5.41) is 9.04. The molecular formula is C15H17NO5S. The molecular weight excluding hydrogens is 306 g/mol. The maximum atomic E-state index is 12.4. The van der Waals surface area contributed by atoms with E-state index in [0.29, 0.717) is 11.1 Å². The third-order valence-electron chi connectivity index (χ3n) is 3.16. The fourth-order valence-electron chi connectivity index (χ4n) is 2.07. The van der Waals surface area contributed by atoms with Gasteiger partial charge in [0.2, 0.25) is 5.09 Å². The molecule has 0 saturated carbocycles. The lowest BCUT2D eigenvalue weighted by Crippen LogP contribution is -2.17. The lowest BCUT2D eigenvalue weighted by atomic mass is 9.98. The van der Waals surface area contributed by atoms with Crippen LogP contribution < -0.4 is 4.72 Å². The number of carboxylic acid groups (broad SMARTS) is 1. The molecule has 0 saturated heterocycles. The van der Waals surface area contributed by atoms with E-state index in [0.717, 1.165) is 0 Å². The van der Waals surface area contributed by atoms with Gasteiger partial charge in [0.05, 0.1) is 17.5 Å². The summed E-state index contributed by atoms with van der Waals surface area (Å²) in [6.07, 6.45) is 1.32. The zero-order valence-electron chi connectivity index (χ0n) is 12.5. The molecule has 2 rings (SSSR count). The highest BCUT2D eigenvalue weighted by Gasteiger charge is 2.24. The number of rotatable bonds is 5. The predicted octanol–water partition coefficient (Wildman–Crippen LogP) is 3.21. The number of anilines is 1. The maximum absolute atomic E-state index is 12.4. The number of furan rings is 1. The Morgan fingerprint density at radius 2 is 2.00 bits per heavy atom. The second-order valence-corrected chi connectivity index (χ2v) is 6.89. The summed E-state index contributed by atoms with van der Waals surface area (Å²) in [7, 11) is -3.98. The van der Waals surface area contributed by atoms with E-state index in [1.165, 1.54) is 18.4 Å². The molecule has 0 amide bonds.